The number of likely N-dealkylation sites (tertiary alicyclic amines) is 1. The van der Waals surface area contributed by atoms with Gasteiger partial charge >= 0.3 is 0 Å². The van der Waals surface area contributed by atoms with Gasteiger partial charge in [-0.05, 0) is 62.1 Å². The van der Waals surface area contributed by atoms with E-state index in [4.69, 9.17) is 0 Å². The van der Waals surface area contributed by atoms with Crippen molar-refractivity contribution < 1.29 is 4.79 Å². The number of aromatic nitrogens is 3. The summed E-state index contributed by atoms with van der Waals surface area (Å²) in [6.07, 6.45) is 9.37. The van der Waals surface area contributed by atoms with Crippen molar-refractivity contribution >= 4 is 23.2 Å². The summed E-state index contributed by atoms with van der Waals surface area (Å²) in [6, 6.07) is 14.3. The molecular weight excluding hydrogens is 388 g/mol. The van der Waals surface area contributed by atoms with Gasteiger partial charge in [-0.3, -0.25) is 14.7 Å². The van der Waals surface area contributed by atoms with Gasteiger partial charge < -0.3 is 10.2 Å². The molecule has 2 aliphatic rings. The molecule has 3 aromatic rings. The normalized spacial score (nSPS) is 18.6. The number of nitrogens with one attached hydrogen (secondary N) is 1. The van der Waals surface area contributed by atoms with Crippen LogP contribution in [0.4, 0.5) is 17.3 Å². The summed E-state index contributed by atoms with van der Waals surface area (Å²) in [7, 11) is 0. The SMILES string of the molecule is O=C(CN1CCCC1c1ccc(Nc2ncccn2)cn1)N1CCCc2ccccc21. The van der Waals surface area contributed by atoms with Crippen LogP contribution in [-0.4, -0.2) is 45.4 Å². The Hall–Kier alpha value is -3.32. The number of rotatable bonds is 5. The molecule has 0 radical (unpaired) electrons. The van der Waals surface area contributed by atoms with Crippen molar-refractivity contribution in [1.29, 1.82) is 0 Å². The Kier molecular flexibility index (Phi) is 5.58. The molecule has 0 aliphatic carbocycles. The lowest BCUT2D eigenvalue weighted by Gasteiger charge is -2.32. The Bertz CT molecular complexity index is 1040. The number of carbonyl (C=O) groups is 1. The van der Waals surface area contributed by atoms with E-state index in [0.29, 0.717) is 12.5 Å². The number of pyridine rings is 1. The first-order chi connectivity index (χ1) is 15.3. The molecule has 5 rings (SSSR count). The van der Waals surface area contributed by atoms with Crippen molar-refractivity contribution in [3.8, 4) is 0 Å². The van der Waals surface area contributed by atoms with E-state index in [0.717, 1.165) is 55.8 Å². The van der Waals surface area contributed by atoms with Crippen LogP contribution in [0, 0.1) is 0 Å². The fourth-order valence-electron chi connectivity index (χ4n) is 4.57. The highest BCUT2D eigenvalue weighted by Crippen LogP contribution is 2.32. The molecule has 2 aromatic heterocycles. The summed E-state index contributed by atoms with van der Waals surface area (Å²) in [5.74, 6) is 0.727. The zero-order valence-corrected chi connectivity index (χ0v) is 17.4. The molecule has 0 spiro atoms. The fraction of sp³-hybridized carbons (Fsp3) is 0.333. The van der Waals surface area contributed by atoms with Crippen LogP contribution in [0.1, 0.15) is 36.6 Å². The second-order valence-corrected chi connectivity index (χ2v) is 8.08. The van der Waals surface area contributed by atoms with Gasteiger partial charge in [0.25, 0.3) is 0 Å². The maximum absolute atomic E-state index is 13.2. The first kappa shape index (κ1) is 19.6. The van der Waals surface area contributed by atoms with Crippen molar-refractivity contribution in [2.45, 2.75) is 31.7 Å². The van der Waals surface area contributed by atoms with Gasteiger partial charge in [0.2, 0.25) is 11.9 Å². The minimum absolute atomic E-state index is 0.172. The smallest absolute Gasteiger partial charge is 0.241 e. The molecule has 158 valence electrons. The van der Waals surface area contributed by atoms with E-state index in [1.54, 1.807) is 18.5 Å². The maximum atomic E-state index is 13.2. The molecule has 1 aromatic carbocycles. The number of aryl methyl sites for hydroxylation is 1. The van der Waals surface area contributed by atoms with Crippen molar-refractivity contribution in [1.82, 2.24) is 19.9 Å². The third-order valence-corrected chi connectivity index (χ3v) is 6.06. The second-order valence-electron chi connectivity index (χ2n) is 8.08. The van der Waals surface area contributed by atoms with E-state index in [9.17, 15) is 4.79 Å². The van der Waals surface area contributed by atoms with Crippen molar-refractivity contribution in [2.75, 3.05) is 29.9 Å². The number of para-hydroxylation sites is 1. The number of anilines is 3. The van der Waals surface area contributed by atoms with Gasteiger partial charge in [-0.1, -0.05) is 18.2 Å². The lowest BCUT2D eigenvalue weighted by atomic mass is 10.0. The molecule has 4 heterocycles. The monoisotopic (exact) mass is 414 g/mol. The summed E-state index contributed by atoms with van der Waals surface area (Å²) in [5, 5.41) is 3.16. The molecule has 1 atom stereocenters. The Labute approximate surface area is 182 Å². The van der Waals surface area contributed by atoms with Gasteiger partial charge in [-0.2, -0.15) is 0 Å². The first-order valence-electron chi connectivity index (χ1n) is 10.9. The van der Waals surface area contributed by atoms with Crippen LogP contribution in [0.3, 0.4) is 0 Å². The lowest BCUT2D eigenvalue weighted by Crippen LogP contribution is -2.42. The standard InChI is InChI=1S/C24H26N6O/c31-23(30-15-3-7-18-6-1-2-8-21(18)30)17-29-14-4-9-22(29)20-11-10-19(16-27-20)28-24-25-12-5-13-26-24/h1-2,5-6,8,10-13,16,22H,3-4,7,9,14-15,17H2,(H,25,26,28). The van der Waals surface area contributed by atoms with Gasteiger partial charge in [-0.25, -0.2) is 9.97 Å². The van der Waals surface area contributed by atoms with E-state index < -0.39 is 0 Å². The highest BCUT2D eigenvalue weighted by atomic mass is 16.2. The van der Waals surface area contributed by atoms with Crippen molar-refractivity contribution in [3.63, 3.8) is 0 Å². The van der Waals surface area contributed by atoms with Gasteiger partial charge in [0.15, 0.2) is 0 Å². The zero-order chi connectivity index (χ0) is 21.0. The molecule has 0 saturated carbocycles. The molecule has 0 bridgehead atoms. The lowest BCUT2D eigenvalue weighted by molar-refractivity contribution is -0.120. The summed E-state index contributed by atoms with van der Waals surface area (Å²) < 4.78 is 0. The number of hydrogen-bond donors (Lipinski definition) is 1. The molecule has 7 heteroatoms. The second kappa shape index (κ2) is 8.81. The van der Waals surface area contributed by atoms with E-state index in [-0.39, 0.29) is 11.9 Å². The van der Waals surface area contributed by atoms with Crippen LogP contribution in [0.5, 0.6) is 0 Å². The summed E-state index contributed by atoms with van der Waals surface area (Å²) in [5.41, 5.74) is 4.20. The average Bonchev–Trinajstić information content (AvgIpc) is 3.28. The molecule has 2 aliphatic heterocycles. The molecule has 1 amide bonds. The Morgan fingerprint density at radius 3 is 2.71 bits per heavy atom. The van der Waals surface area contributed by atoms with Gasteiger partial charge in [0.05, 0.1) is 30.2 Å². The predicted molar refractivity (Wildman–Crippen MR) is 120 cm³/mol. The number of carbonyl (C=O) groups excluding carboxylic acids is 1. The molecular formula is C24H26N6O. The molecule has 1 saturated heterocycles. The topological polar surface area (TPSA) is 74.2 Å². The predicted octanol–water partition coefficient (Wildman–Crippen LogP) is 3.73. The first-order valence-corrected chi connectivity index (χ1v) is 10.9. The molecule has 7 nitrogen and oxygen atoms in total. The number of hydrogen-bond acceptors (Lipinski definition) is 6. The van der Waals surface area contributed by atoms with Crippen LogP contribution >= 0.6 is 0 Å². The van der Waals surface area contributed by atoms with Crippen molar-refractivity contribution in [2.24, 2.45) is 0 Å². The fourth-order valence-corrected chi connectivity index (χ4v) is 4.57. The van der Waals surface area contributed by atoms with Gasteiger partial charge in [-0.15, -0.1) is 0 Å². The minimum atomic E-state index is 0.172. The van der Waals surface area contributed by atoms with Gasteiger partial charge in [0, 0.05) is 24.6 Å². The largest absolute Gasteiger partial charge is 0.323 e. The number of benzene rings is 1. The van der Waals surface area contributed by atoms with E-state index in [1.165, 1.54) is 5.56 Å². The summed E-state index contributed by atoms with van der Waals surface area (Å²) >= 11 is 0. The zero-order valence-electron chi connectivity index (χ0n) is 17.4. The molecule has 1 unspecified atom stereocenters. The van der Waals surface area contributed by atoms with Crippen LogP contribution in [0.2, 0.25) is 0 Å². The van der Waals surface area contributed by atoms with Crippen LogP contribution in [0.25, 0.3) is 0 Å². The van der Waals surface area contributed by atoms with E-state index >= 15 is 0 Å². The minimum Gasteiger partial charge on any atom is -0.323 e. The summed E-state index contributed by atoms with van der Waals surface area (Å²) in [4.78, 5) is 30.5. The highest BCUT2D eigenvalue weighted by molar-refractivity contribution is 5.96. The van der Waals surface area contributed by atoms with E-state index in [1.807, 2.05) is 29.3 Å². The van der Waals surface area contributed by atoms with Crippen molar-refractivity contribution in [3.05, 3.63) is 72.3 Å². The van der Waals surface area contributed by atoms with Crippen LogP contribution < -0.4 is 10.2 Å². The highest BCUT2D eigenvalue weighted by Gasteiger charge is 2.31. The molecule has 31 heavy (non-hydrogen) atoms. The number of amides is 1. The summed E-state index contributed by atoms with van der Waals surface area (Å²) in [6.45, 7) is 2.15. The van der Waals surface area contributed by atoms with Gasteiger partial charge in [0.1, 0.15) is 0 Å². The Morgan fingerprint density at radius 2 is 1.87 bits per heavy atom. The Morgan fingerprint density at radius 1 is 1.00 bits per heavy atom. The van der Waals surface area contributed by atoms with Crippen LogP contribution in [0.15, 0.2) is 61.1 Å². The third kappa shape index (κ3) is 4.27. The van der Waals surface area contributed by atoms with Crippen LogP contribution in [-0.2, 0) is 11.2 Å². The quantitative estimate of drug-likeness (QED) is 0.686. The third-order valence-electron chi connectivity index (χ3n) is 6.06. The van der Waals surface area contributed by atoms with E-state index in [2.05, 4.69) is 43.4 Å². The maximum Gasteiger partial charge on any atom is 0.241 e. The average molecular weight is 415 g/mol. The molecule has 1 fully saturated rings. The Balaban J connectivity index is 1.26. The number of fused-ring (bicyclic) bond motifs is 1. The molecule has 1 N–H and O–H groups in total. The number of nitrogens with zero attached hydrogens (tertiary/aromatic N) is 5.